The Bertz CT molecular complexity index is 326. The first-order valence-electron chi connectivity index (χ1n) is 5.57. The lowest BCUT2D eigenvalue weighted by atomic mass is 9.80. The summed E-state index contributed by atoms with van der Waals surface area (Å²) < 4.78 is 0. The lowest BCUT2D eigenvalue weighted by molar-refractivity contribution is 0.307. The van der Waals surface area contributed by atoms with E-state index in [1.807, 2.05) is 17.2 Å². The van der Waals surface area contributed by atoms with Gasteiger partial charge >= 0.3 is 0 Å². The molecule has 15 heavy (non-hydrogen) atoms. The average Bonchev–Trinajstić information content (AvgIpc) is 2.60. The van der Waals surface area contributed by atoms with Crippen molar-refractivity contribution in [2.45, 2.75) is 19.9 Å². The Hall–Kier alpha value is -1.30. The number of hydrogen-bond acceptors (Lipinski definition) is 3. The van der Waals surface area contributed by atoms with Crippen LogP contribution in [0.3, 0.4) is 0 Å². The Morgan fingerprint density at radius 3 is 2.80 bits per heavy atom. The Kier molecular flexibility index (Phi) is 2.77. The number of rotatable bonds is 1. The van der Waals surface area contributed by atoms with E-state index in [9.17, 15) is 0 Å². The van der Waals surface area contributed by atoms with Crippen LogP contribution >= 0.6 is 0 Å². The number of nitrogens with zero attached hydrogens (tertiary/aromatic N) is 3. The number of nitriles is 1. The number of aliphatic imine (C=N–C) groups is 1. The standard InChI is InChI=1S/C12H17N3/c1-9-6-15(8-13)7-12(9)11-4-3-5-14-10(11)2/h3-5,9-12H,6-7H2,1-2H3/t9-,10?,11?,12-/m1/s1. The van der Waals surface area contributed by atoms with Crippen molar-refractivity contribution in [1.29, 1.82) is 5.26 Å². The maximum Gasteiger partial charge on any atom is 0.179 e. The van der Waals surface area contributed by atoms with Gasteiger partial charge in [-0.1, -0.05) is 13.0 Å². The highest BCUT2D eigenvalue weighted by Crippen LogP contribution is 2.33. The molecule has 0 aromatic carbocycles. The van der Waals surface area contributed by atoms with Crippen molar-refractivity contribution in [3.63, 3.8) is 0 Å². The molecule has 0 aromatic rings. The summed E-state index contributed by atoms with van der Waals surface area (Å²) in [4.78, 5) is 6.30. The van der Waals surface area contributed by atoms with Crippen LogP contribution < -0.4 is 0 Å². The fourth-order valence-electron chi connectivity index (χ4n) is 2.70. The molecule has 2 unspecified atom stereocenters. The second kappa shape index (κ2) is 4.06. The molecule has 2 aliphatic heterocycles. The van der Waals surface area contributed by atoms with Crippen LogP contribution in [0.1, 0.15) is 13.8 Å². The zero-order chi connectivity index (χ0) is 10.8. The Labute approximate surface area is 91.1 Å². The van der Waals surface area contributed by atoms with Crippen molar-refractivity contribution in [3.05, 3.63) is 12.2 Å². The predicted molar refractivity (Wildman–Crippen MR) is 60.4 cm³/mol. The molecule has 0 saturated carbocycles. The number of allylic oxidation sites excluding steroid dienone is 1. The summed E-state index contributed by atoms with van der Waals surface area (Å²) in [5.74, 6) is 1.67. The van der Waals surface area contributed by atoms with E-state index in [0.717, 1.165) is 13.1 Å². The fraction of sp³-hybridized carbons (Fsp3) is 0.667. The van der Waals surface area contributed by atoms with Gasteiger partial charge < -0.3 is 4.90 Å². The van der Waals surface area contributed by atoms with Gasteiger partial charge in [0, 0.05) is 25.2 Å². The van der Waals surface area contributed by atoms with Gasteiger partial charge in [-0.3, -0.25) is 4.99 Å². The SMILES string of the molecule is CC1N=CC=CC1[C@@H]1CN(C#N)C[C@H]1C. The highest BCUT2D eigenvalue weighted by Gasteiger charge is 2.36. The van der Waals surface area contributed by atoms with Crippen LogP contribution in [-0.2, 0) is 0 Å². The molecule has 80 valence electrons. The summed E-state index contributed by atoms with van der Waals surface area (Å²) in [7, 11) is 0. The number of likely N-dealkylation sites (tertiary alicyclic amines) is 1. The lowest BCUT2D eigenvalue weighted by Gasteiger charge is -2.28. The first kappa shape index (κ1) is 10.2. The largest absolute Gasteiger partial charge is 0.310 e. The highest BCUT2D eigenvalue weighted by molar-refractivity contribution is 5.72. The number of hydrogen-bond donors (Lipinski definition) is 0. The minimum Gasteiger partial charge on any atom is -0.310 e. The monoisotopic (exact) mass is 203 g/mol. The molecule has 0 spiro atoms. The Morgan fingerprint density at radius 1 is 1.40 bits per heavy atom. The van der Waals surface area contributed by atoms with E-state index in [4.69, 9.17) is 5.26 Å². The van der Waals surface area contributed by atoms with E-state index in [1.165, 1.54) is 0 Å². The zero-order valence-electron chi connectivity index (χ0n) is 9.30. The van der Waals surface area contributed by atoms with Crippen LogP contribution in [0, 0.1) is 29.2 Å². The van der Waals surface area contributed by atoms with Gasteiger partial charge in [-0.25, -0.2) is 0 Å². The van der Waals surface area contributed by atoms with E-state index in [-0.39, 0.29) is 0 Å². The fourth-order valence-corrected chi connectivity index (χ4v) is 2.70. The maximum atomic E-state index is 8.89. The van der Waals surface area contributed by atoms with Gasteiger partial charge in [-0.15, -0.1) is 0 Å². The van der Waals surface area contributed by atoms with E-state index in [1.54, 1.807) is 0 Å². The molecule has 0 N–H and O–H groups in total. The van der Waals surface area contributed by atoms with Crippen LogP contribution in [0.2, 0.25) is 0 Å². The van der Waals surface area contributed by atoms with Gasteiger partial charge in [0.05, 0.1) is 6.04 Å². The summed E-state index contributed by atoms with van der Waals surface area (Å²) in [6.45, 7) is 6.20. The second-order valence-electron chi connectivity index (χ2n) is 4.65. The lowest BCUT2D eigenvalue weighted by Crippen LogP contribution is -2.29. The van der Waals surface area contributed by atoms with Gasteiger partial charge in [-0.05, 0) is 24.8 Å². The van der Waals surface area contributed by atoms with E-state index in [2.05, 4.69) is 31.1 Å². The summed E-state index contributed by atoms with van der Waals surface area (Å²) >= 11 is 0. The van der Waals surface area contributed by atoms with Gasteiger partial charge in [0.1, 0.15) is 0 Å². The molecule has 2 heterocycles. The minimum atomic E-state index is 0.362. The molecule has 1 fully saturated rings. The Morgan fingerprint density at radius 2 is 2.20 bits per heavy atom. The third-order valence-corrected chi connectivity index (χ3v) is 3.60. The summed E-state index contributed by atoms with van der Waals surface area (Å²) in [5, 5.41) is 8.89. The molecule has 3 nitrogen and oxygen atoms in total. The number of dihydropyridines is 1. The van der Waals surface area contributed by atoms with Crippen molar-refractivity contribution in [3.8, 4) is 6.19 Å². The summed E-state index contributed by atoms with van der Waals surface area (Å²) in [5.41, 5.74) is 0. The molecular weight excluding hydrogens is 186 g/mol. The van der Waals surface area contributed by atoms with E-state index >= 15 is 0 Å². The van der Waals surface area contributed by atoms with Crippen LogP contribution in [0.25, 0.3) is 0 Å². The van der Waals surface area contributed by atoms with Gasteiger partial charge in [0.2, 0.25) is 0 Å². The van der Waals surface area contributed by atoms with Crippen molar-refractivity contribution < 1.29 is 0 Å². The Balaban J connectivity index is 2.08. The van der Waals surface area contributed by atoms with Crippen LogP contribution in [0.4, 0.5) is 0 Å². The summed E-state index contributed by atoms with van der Waals surface area (Å²) in [6, 6.07) is 0.362. The minimum absolute atomic E-state index is 0.362. The van der Waals surface area contributed by atoms with Crippen molar-refractivity contribution in [2.75, 3.05) is 13.1 Å². The van der Waals surface area contributed by atoms with Crippen molar-refractivity contribution >= 4 is 6.21 Å². The van der Waals surface area contributed by atoms with Crippen LogP contribution in [0.5, 0.6) is 0 Å². The maximum absolute atomic E-state index is 8.89. The molecule has 2 rings (SSSR count). The first-order valence-corrected chi connectivity index (χ1v) is 5.57. The molecule has 0 aromatic heterocycles. The van der Waals surface area contributed by atoms with E-state index < -0.39 is 0 Å². The van der Waals surface area contributed by atoms with Gasteiger partial charge in [0.25, 0.3) is 0 Å². The molecule has 3 heteroatoms. The van der Waals surface area contributed by atoms with Gasteiger partial charge in [0.15, 0.2) is 6.19 Å². The summed E-state index contributed by atoms with van der Waals surface area (Å²) in [6.07, 6.45) is 8.41. The van der Waals surface area contributed by atoms with Crippen LogP contribution in [-0.4, -0.2) is 30.2 Å². The first-order chi connectivity index (χ1) is 7.22. The molecule has 0 amide bonds. The zero-order valence-corrected chi connectivity index (χ0v) is 9.30. The molecule has 4 atom stereocenters. The normalized spacial score (nSPS) is 39.4. The highest BCUT2D eigenvalue weighted by atomic mass is 15.1. The average molecular weight is 203 g/mol. The van der Waals surface area contributed by atoms with Crippen LogP contribution in [0.15, 0.2) is 17.1 Å². The third kappa shape index (κ3) is 1.90. The van der Waals surface area contributed by atoms with E-state index in [0.29, 0.717) is 23.8 Å². The molecule has 2 aliphatic rings. The molecular formula is C12H17N3. The van der Waals surface area contributed by atoms with Crippen molar-refractivity contribution in [1.82, 2.24) is 4.90 Å². The molecule has 0 aliphatic carbocycles. The second-order valence-corrected chi connectivity index (χ2v) is 4.65. The predicted octanol–water partition coefficient (Wildman–Crippen LogP) is 1.68. The quantitative estimate of drug-likeness (QED) is 0.608. The topological polar surface area (TPSA) is 39.4 Å². The molecule has 0 bridgehead atoms. The van der Waals surface area contributed by atoms with Crippen molar-refractivity contribution in [2.24, 2.45) is 22.7 Å². The molecule has 0 radical (unpaired) electrons. The smallest absolute Gasteiger partial charge is 0.179 e. The molecule has 1 saturated heterocycles. The van der Waals surface area contributed by atoms with Gasteiger partial charge in [-0.2, -0.15) is 5.26 Å². The third-order valence-electron chi connectivity index (χ3n) is 3.60.